The Balaban J connectivity index is 0.00000150. The number of carbonyl (C=O) groups is 2. The zero-order chi connectivity index (χ0) is 36.5. The minimum atomic E-state index is -0.248. The Hall–Kier alpha value is -7.04. The molecule has 0 saturated carbocycles. The van der Waals surface area contributed by atoms with Crippen LogP contribution in [0.1, 0.15) is 21.5 Å². The van der Waals surface area contributed by atoms with Crippen LogP contribution in [-0.4, -0.2) is 44.9 Å². The molecule has 0 bridgehead atoms. The predicted molar refractivity (Wildman–Crippen MR) is 207 cm³/mol. The van der Waals surface area contributed by atoms with Gasteiger partial charge in [-0.1, -0.05) is 54.1 Å². The van der Waals surface area contributed by atoms with E-state index in [2.05, 4.69) is 26.0 Å². The summed E-state index contributed by atoms with van der Waals surface area (Å²) in [7, 11) is 0. The summed E-state index contributed by atoms with van der Waals surface area (Å²) in [4.78, 5) is 38.4. The third kappa shape index (κ3) is 8.21. The number of hydrogen-bond acceptors (Lipinski definition) is 7. The van der Waals surface area contributed by atoms with Crippen LogP contribution in [0.5, 0.6) is 11.5 Å². The Morgan fingerprint density at radius 1 is 0.712 bits per heavy atom. The number of halogens is 1. The topological polar surface area (TPSA) is 166 Å². The highest BCUT2D eigenvalue weighted by Crippen LogP contribution is 2.35. The largest absolute Gasteiger partial charge is 0.507 e. The number of amides is 2. The molecule has 0 aliphatic rings. The zero-order valence-corrected chi connectivity index (χ0v) is 28.2. The number of carbonyl (C=O) groups excluding carboxylic acids is 2. The molecule has 0 radical (unpaired) electrons. The third-order valence-corrected chi connectivity index (χ3v) is 8.29. The first-order chi connectivity index (χ1) is 25.3. The number of rotatable bonds is 8. The number of aromatic hydroxyl groups is 2. The lowest BCUT2D eigenvalue weighted by atomic mass is 10.0. The first-order valence-electron chi connectivity index (χ1n) is 15.9. The standard InChI is InChI=1S/C40H28ClN5O3.CH3NO/c41-37-33(25-9-15-30(16-10-25)42-23-28-5-1-3-7-35(28)47)21-22-34-38(37)46-39(45-34)26-11-19-32(20-12-26)44-40(49)27-13-17-31(18-14-27)43-24-29-6-2-4-8-36(29)48;2-1-3/h1-24,47-48H,(H,44,49)(H,45,46);1H,(H2,2,3). The van der Waals surface area contributed by atoms with Crippen molar-refractivity contribution >= 4 is 64.4 Å². The number of nitrogens with zero attached hydrogens (tertiary/aromatic N) is 3. The number of nitrogens with two attached hydrogens (primary N) is 1. The van der Waals surface area contributed by atoms with Crippen molar-refractivity contribution in [1.82, 2.24) is 9.97 Å². The Kier molecular flexibility index (Phi) is 10.8. The number of phenols is 2. The van der Waals surface area contributed by atoms with Gasteiger partial charge in [-0.2, -0.15) is 0 Å². The molecule has 1 aromatic heterocycles. The highest BCUT2D eigenvalue weighted by Gasteiger charge is 2.14. The van der Waals surface area contributed by atoms with E-state index in [1.807, 2.05) is 72.8 Å². The molecule has 0 unspecified atom stereocenters. The van der Waals surface area contributed by atoms with Crippen molar-refractivity contribution in [2.24, 2.45) is 15.7 Å². The molecule has 7 aromatic rings. The van der Waals surface area contributed by atoms with Crippen LogP contribution in [0.4, 0.5) is 17.1 Å². The number of aromatic amines is 1. The van der Waals surface area contributed by atoms with Crippen LogP contribution >= 0.6 is 11.6 Å². The van der Waals surface area contributed by atoms with Gasteiger partial charge in [0.15, 0.2) is 0 Å². The Morgan fingerprint density at radius 3 is 1.79 bits per heavy atom. The minimum absolute atomic E-state index is 0.152. The van der Waals surface area contributed by atoms with E-state index in [9.17, 15) is 15.0 Å². The molecule has 256 valence electrons. The van der Waals surface area contributed by atoms with Crippen molar-refractivity contribution in [2.75, 3.05) is 5.32 Å². The quantitative estimate of drug-likeness (QED) is 0.0785. The molecule has 1 heterocycles. The lowest BCUT2D eigenvalue weighted by molar-refractivity contribution is -0.106. The van der Waals surface area contributed by atoms with E-state index in [4.69, 9.17) is 21.4 Å². The highest BCUT2D eigenvalue weighted by atomic mass is 35.5. The summed E-state index contributed by atoms with van der Waals surface area (Å²) in [5.41, 5.74) is 12.0. The number of para-hydroxylation sites is 2. The molecular weight excluding hydrogens is 676 g/mol. The van der Waals surface area contributed by atoms with Crippen molar-refractivity contribution in [3.8, 4) is 34.0 Å². The van der Waals surface area contributed by atoms with E-state index in [0.29, 0.717) is 38.9 Å². The summed E-state index contributed by atoms with van der Waals surface area (Å²) in [6, 6.07) is 39.9. The first-order valence-corrected chi connectivity index (χ1v) is 16.3. The smallest absolute Gasteiger partial charge is 0.255 e. The summed E-state index contributed by atoms with van der Waals surface area (Å²) in [5.74, 6) is 0.736. The third-order valence-electron chi connectivity index (χ3n) is 7.90. The second-order valence-electron chi connectivity index (χ2n) is 11.3. The number of imidazole rings is 1. The number of aromatic nitrogens is 2. The summed E-state index contributed by atoms with van der Waals surface area (Å²) < 4.78 is 0. The average Bonchev–Trinajstić information content (AvgIpc) is 3.61. The predicted octanol–water partition coefficient (Wildman–Crippen LogP) is 8.82. The number of anilines is 1. The maximum Gasteiger partial charge on any atom is 0.255 e. The van der Waals surface area contributed by atoms with Crippen molar-refractivity contribution < 1.29 is 19.8 Å². The number of nitrogens with one attached hydrogen (secondary N) is 2. The fourth-order valence-electron chi connectivity index (χ4n) is 5.23. The highest BCUT2D eigenvalue weighted by molar-refractivity contribution is 6.37. The lowest BCUT2D eigenvalue weighted by Crippen LogP contribution is -2.11. The summed E-state index contributed by atoms with van der Waals surface area (Å²) in [6.07, 6.45) is 3.46. The number of primary amides is 1. The molecular formula is C41H31ClN6O4. The van der Waals surface area contributed by atoms with Crippen molar-refractivity contribution in [2.45, 2.75) is 0 Å². The molecule has 2 amide bonds. The monoisotopic (exact) mass is 706 g/mol. The zero-order valence-electron chi connectivity index (χ0n) is 27.4. The van der Waals surface area contributed by atoms with Gasteiger partial charge in [0.05, 0.1) is 27.4 Å². The van der Waals surface area contributed by atoms with Crippen molar-refractivity contribution in [1.29, 1.82) is 0 Å². The van der Waals surface area contributed by atoms with E-state index >= 15 is 0 Å². The molecule has 0 saturated heterocycles. The second-order valence-corrected chi connectivity index (χ2v) is 11.7. The number of fused-ring (bicyclic) bond motifs is 1. The number of phenolic OH excluding ortho intramolecular Hbond substituents is 2. The van der Waals surface area contributed by atoms with E-state index < -0.39 is 0 Å². The van der Waals surface area contributed by atoms with Gasteiger partial charge in [0.1, 0.15) is 17.3 Å². The maximum absolute atomic E-state index is 12.9. The Morgan fingerprint density at radius 2 is 1.23 bits per heavy atom. The summed E-state index contributed by atoms with van der Waals surface area (Å²) in [6.45, 7) is 0. The van der Waals surface area contributed by atoms with Gasteiger partial charge in [0.2, 0.25) is 6.41 Å². The summed E-state index contributed by atoms with van der Waals surface area (Å²) in [5, 5.41) is 23.4. The van der Waals surface area contributed by atoms with Crippen LogP contribution in [-0.2, 0) is 4.79 Å². The van der Waals surface area contributed by atoms with Crippen LogP contribution in [0.15, 0.2) is 143 Å². The van der Waals surface area contributed by atoms with Gasteiger partial charge in [-0.25, -0.2) is 4.98 Å². The number of hydrogen-bond donors (Lipinski definition) is 5. The number of aliphatic imine (C=N–C) groups is 2. The number of benzene rings is 6. The molecule has 0 aliphatic heterocycles. The van der Waals surface area contributed by atoms with Crippen molar-refractivity contribution in [3.05, 3.63) is 155 Å². The van der Waals surface area contributed by atoms with Crippen LogP contribution in [0.2, 0.25) is 5.02 Å². The molecule has 0 atom stereocenters. The lowest BCUT2D eigenvalue weighted by Gasteiger charge is -2.06. The van der Waals surface area contributed by atoms with Crippen molar-refractivity contribution in [3.63, 3.8) is 0 Å². The molecule has 10 nitrogen and oxygen atoms in total. The van der Waals surface area contributed by atoms with Gasteiger partial charge in [-0.3, -0.25) is 19.6 Å². The van der Waals surface area contributed by atoms with Gasteiger partial charge in [0.25, 0.3) is 5.91 Å². The normalized spacial score (nSPS) is 11.0. The van der Waals surface area contributed by atoms with E-state index in [0.717, 1.165) is 33.4 Å². The Labute approximate surface area is 303 Å². The molecule has 0 aliphatic carbocycles. The van der Waals surface area contributed by atoms with E-state index in [1.54, 1.807) is 73.1 Å². The molecule has 52 heavy (non-hydrogen) atoms. The molecule has 6 aromatic carbocycles. The minimum Gasteiger partial charge on any atom is -0.507 e. The SMILES string of the molecule is NC=O.O=C(Nc1ccc(-c2nc3ccc(-c4ccc(N=Cc5ccccc5O)cc4)c(Cl)c3[nH]2)cc1)c1ccc(N=Cc2ccccc2O)cc1. The Bertz CT molecular complexity index is 2410. The molecule has 11 heteroatoms. The second kappa shape index (κ2) is 16.1. The van der Waals surface area contributed by atoms with Gasteiger partial charge in [-0.05, 0) is 96.6 Å². The van der Waals surface area contributed by atoms with Crippen LogP contribution in [0.3, 0.4) is 0 Å². The van der Waals surface area contributed by atoms with E-state index in [1.165, 1.54) is 0 Å². The molecule has 7 rings (SSSR count). The van der Waals surface area contributed by atoms with Gasteiger partial charge < -0.3 is 26.2 Å². The number of H-pyrrole nitrogens is 1. The fourth-order valence-corrected chi connectivity index (χ4v) is 5.54. The average molecular weight is 707 g/mol. The van der Waals surface area contributed by atoms with Gasteiger partial charge in [-0.15, -0.1) is 0 Å². The van der Waals surface area contributed by atoms with Gasteiger partial charge in [0, 0.05) is 45.9 Å². The molecule has 0 spiro atoms. The van der Waals surface area contributed by atoms with Crippen LogP contribution < -0.4 is 11.1 Å². The van der Waals surface area contributed by atoms with Crippen LogP contribution in [0.25, 0.3) is 33.5 Å². The van der Waals surface area contributed by atoms with Crippen LogP contribution in [0, 0.1) is 0 Å². The maximum atomic E-state index is 12.9. The fraction of sp³-hybridized carbons (Fsp3) is 0. The first kappa shape index (κ1) is 34.8. The molecule has 0 fully saturated rings. The van der Waals surface area contributed by atoms with E-state index in [-0.39, 0.29) is 23.8 Å². The molecule has 6 N–H and O–H groups in total. The van der Waals surface area contributed by atoms with Gasteiger partial charge >= 0.3 is 0 Å². The summed E-state index contributed by atoms with van der Waals surface area (Å²) >= 11 is 6.88.